The van der Waals surface area contributed by atoms with Crippen LogP contribution in [0.3, 0.4) is 0 Å². The van der Waals surface area contributed by atoms with Crippen LogP contribution in [-0.2, 0) is 0 Å². The fourth-order valence-corrected chi connectivity index (χ4v) is 4.27. The SMILES string of the molecule is CN1C[C@H](F)C[C@@H](Nc2nnc(-c3c(O)cc(C4CC4)cc3F)c3cccn23)C1. The van der Waals surface area contributed by atoms with Gasteiger partial charge in [0.15, 0.2) is 0 Å². The lowest BCUT2D eigenvalue weighted by molar-refractivity contribution is 0.153. The van der Waals surface area contributed by atoms with Crippen molar-refractivity contribution in [3.63, 3.8) is 0 Å². The molecule has 1 saturated heterocycles. The molecule has 0 radical (unpaired) electrons. The number of piperidine rings is 1. The van der Waals surface area contributed by atoms with Gasteiger partial charge in [-0.15, -0.1) is 10.2 Å². The minimum Gasteiger partial charge on any atom is -0.507 e. The lowest BCUT2D eigenvalue weighted by Gasteiger charge is -2.32. The molecule has 152 valence electrons. The second kappa shape index (κ2) is 6.95. The van der Waals surface area contributed by atoms with Crippen LogP contribution in [0.1, 0.15) is 30.7 Å². The summed E-state index contributed by atoms with van der Waals surface area (Å²) < 4.78 is 30.6. The van der Waals surface area contributed by atoms with Gasteiger partial charge in [0.05, 0.1) is 11.1 Å². The summed E-state index contributed by atoms with van der Waals surface area (Å²) in [6.07, 6.45) is 3.35. The van der Waals surface area contributed by atoms with E-state index in [-0.39, 0.29) is 23.0 Å². The number of benzene rings is 1. The summed E-state index contributed by atoms with van der Waals surface area (Å²) in [7, 11) is 1.89. The topological polar surface area (TPSA) is 65.7 Å². The van der Waals surface area contributed by atoms with Crippen molar-refractivity contribution >= 4 is 11.5 Å². The Morgan fingerprint density at radius 1 is 1.21 bits per heavy atom. The molecule has 29 heavy (non-hydrogen) atoms. The average molecular weight is 399 g/mol. The molecule has 2 aliphatic rings. The Hall–Kier alpha value is -2.74. The predicted octanol–water partition coefficient (Wildman–Crippen LogP) is 3.57. The summed E-state index contributed by atoms with van der Waals surface area (Å²) in [4.78, 5) is 1.94. The third-order valence-corrected chi connectivity index (χ3v) is 5.76. The molecular formula is C21H23F2N5O. The molecule has 0 bridgehead atoms. The number of hydrogen-bond donors (Lipinski definition) is 2. The number of alkyl halides is 1. The van der Waals surface area contributed by atoms with Crippen LogP contribution < -0.4 is 5.32 Å². The maximum Gasteiger partial charge on any atom is 0.228 e. The summed E-state index contributed by atoms with van der Waals surface area (Å²) in [5.74, 6) is 0.178. The summed E-state index contributed by atoms with van der Waals surface area (Å²) in [6, 6.07) is 6.62. The molecule has 3 aromatic rings. The fourth-order valence-electron chi connectivity index (χ4n) is 4.27. The van der Waals surface area contributed by atoms with E-state index >= 15 is 0 Å². The molecule has 2 atom stereocenters. The summed E-state index contributed by atoms with van der Waals surface area (Å²) in [5, 5.41) is 22.2. The van der Waals surface area contributed by atoms with E-state index in [1.807, 2.05) is 18.0 Å². The Bertz CT molecular complexity index is 1030. The number of anilines is 1. The monoisotopic (exact) mass is 399 g/mol. The van der Waals surface area contributed by atoms with Gasteiger partial charge in [-0.3, -0.25) is 4.40 Å². The molecule has 2 aromatic heterocycles. The highest BCUT2D eigenvalue weighted by atomic mass is 19.1. The number of phenolic OH excluding ortho intramolecular Hbond substituents is 1. The number of fused-ring (bicyclic) bond motifs is 1. The molecule has 0 unspecified atom stereocenters. The number of likely N-dealkylation sites (N-methyl/N-ethyl adjacent to an activating group) is 1. The first-order valence-corrected chi connectivity index (χ1v) is 9.95. The van der Waals surface area contributed by atoms with Crippen molar-refractivity contribution in [2.24, 2.45) is 0 Å². The first-order chi connectivity index (χ1) is 14.0. The molecule has 3 heterocycles. The third-order valence-electron chi connectivity index (χ3n) is 5.76. The van der Waals surface area contributed by atoms with E-state index < -0.39 is 12.0 Å². The molecule has 0 spiro atoms. The van der Waals surface area contributed by atoms with Gasteiger partial charge in [0.2, 0.25) is 5.95 Å². The Morgan fingerprint density at radius 3 is 2.76 bits per heavy atom. The minimum absolute atomic E-state index is 0.0540. The fraction of sp³-hybridized carbons (Fsp3) is 0.429. The number of nitrogens with one attached hydrogen (secondary N) is 1. The van der Waals surface area contributed by atoms with Gasteiger partial charge in [0.1, 0.15) is 23.4 Å². The number of likely N-dealkylation sites (tertiary alicyclic amines) is 1. The molecule has 1 aliphatic heterocycles. The summed E-state index contributed by atoms with van der Waals surface area (Å²) in [5.41, 5.74) is 1.78. The van der Waals surface area contributed by atoms with Gasteiger partial charge in [-0.25, -0.2) is 8.78 Å². The zero-order chi connectivity index (χ0) is 20.1. The zero-order valence-electron chi connectivity index (χ0n) is 16.1. The van der Waals surface area contributed by atoms with Gasteiger partial charge >= 0.3 is 0 Å². The average Bonchev–Trinajstić information content (AvgIpc) is 3.38. The van der Waals surface area contributed by atoms with Crippen LogP contribution in [0, 0.1) is 5.82 Å². The maximum absolute atomic E-state index is 14.9. The lowest BCUT2D eigenvalue weighted by Crippen LogP contribution is -2.45. The van der Waals surface area contributed by atoms with Crippen molar-refractivity contribution < 1.29 is 13.9 Å². The lowest BCUT2D eigenvalue weighted by atomic mass is 10.0. The maximum atomic E-state index is 14.9. The van der Waals surface area contributed by atoms with Crippen LogP contribution in [0.2, 0.25) is 0 Å². The summed E-state index contributed by atoms with van der Waals surface area (Å²) in [6.45, 7) is 1.13. The van der Waals surface area contributed by atoms with Crippen LogP contribution in [0.25, 0.3) is 16.8 Å². The predicted molar refractivity (Wildman–Crippen MR) is 106 cm³/mol. The molecule has 1 aliphatic carbocycles. The number of aromatic hydroxyl groups is 1. The van der Waals surface area contributed by atoms with E-state index in [4.69, 9.17) is 0 Å². The molecule has 1 aromatic carbocycles. The molecular weight excluding hydrogens is 376 g/mol. The summed E-state index contributed by atoms with van der Waals surface area (Å²) >= 11 is 0. The molecule has 5 rings (SSSR count). The van der Waals surface area contributed by atoms with Crippen molar-refractivity contribution in [3.05, 3.63) is 41.8 Å². The van der Waals surface area contributed by atoms with Crippen molar-refractivity contribution in [3.8, 4) is 17.0 Å². The van der Waals surface area contributed by atoms with Crippen molar-refractivity contribution in [1.82, 2.24) is 19.5 Å². The second-order valence-corrected chi connectivity index (χ2v) is 8.20. The van der Waals surface area contributed by atoms with Crippen molar-refractivity contribution in [1.29, 1.82) is 0 Å². The standard InChI is InChI=1S/C21H23F2N5O/c1-27-10-14(22)9-15(11-27)24-21-26-25-20(17-3-2-6-28(17)21)19-16(23)7-13(8-18(19)29)12-4-5-12/h2-3,6-8,12,14-15,29H,4-5,9-11H2,1H3,(H,24,26)/t14-,15-/m1/s1. The van der Waals surface area contributed by atoms with Gasteiger partial charge in [-0.05, 0) is 55.6 Å². The quantitative estimate of drug-likeness (QED) is 0.702. The molecule has 2 fully saturated rings. The first kappa shape index (κ1) is 18.3. The van der Waals surface area contributed by atoms with Crippen LogP contribution in [-0.4, -0.2) is 57.0 Å². The molecule has 6 nitrogen and oxygen atoms in total. The number of rotatable bonds is 4. The van der Waals surface area contributed by atoms with E-state index in [1.165, 1.54) is 6.07 Å². The van der Waals surface area contributed by atoms with Gasteiger partial charge in [-0.2, -0.15) is 0 Å². The van der Waals surface area contributed by atoms with Crippen LogP contribution in [0.15, 0.2) is 30.5 Å². The Kier molecular flexibility index (Phi) is 4.38. The Balaban J connectivity index is 1.51. The van der Waals surface area contributed by atoms with E-state index in [1.54, 1.807) is 22.7 Å². The molecule has 2 N–H and O–H groups in total. The van der Waals surface area contributed by atoms with Gasteiger partial charge in [-0.1, -0.05) is 0 Å². The number of nitrogens with zero attached hydrogens (tertiary/aromatic N) is 4. The number of hydrogen-bond acceptors (Lipinski definition) is 5. The van der Waals surface area contributed by atoms with Crippen molar-refractivity contribution in [2.45, 2.75) is 37.4 Å². The van der Waals surface area contributed by atoms with Crippen LogP contribution in [0.4, 0.5) is 14.7 Å². The largest absolute Gasteiger partial charge is 0.507 e. The highest BCUT2D eigenvalue weighted by Crippen LogP contribution is 2.44. The van der Waals surface area contributed by atoms with Gasteiger partial charge < -0.3 is 15.3 Å². The number of halogens is 2. The first-order valence-electron chi connectivity index (χ1n) is 9.95. The Morgan fingerprint density at radius 2 is 2.03 bits per heavy atom. The normalized spacial score (nSPS) is 22.9. The highest BCUT2D eigenvalue weighted by Gasteiger charge is 2.28. The zero-order valence-corrected chi connectivity index (χ0v) is 16.1. The number of aromatic nitrogens is 3. The number of phenols is 1. The van der Waals surface area contributed by atoms with Gasteiger partial charge in [0, 0.05) is 31.7 Å². The van der Waals surface area contributed by atoms with E-state index in [2.05, 4.69) is 15.5 Å². The smallest absolute Gasteiger partial charge is 0.228 e. The highest BCUT2D eigenvalue weighted by molar-refractivity contribution is 5.81. The third kappa shape index (κ3) is 3.42. The van der Waals surface area contributed by atoms with E-state index in [9.17, 15) is 13.9 Å². The van der Waals surface area contributed by atoms with E-state index in [0.717, 1.165) is 18.4 Å². The van der Waals surface area contributed by atoms with Crippen molar-refractivity contribution in [2.75, 3.05) is 25.5 Å². The minimum atomic E-state index is -0.894. The Labute approximate surface area is 167 Å². The molecule has 1 saturated carbocycles. The van der Waals surface area contributed by atoms with E-state index in [0.29, 0.717) is 36.9 Å². The van der Waals surface area contributed by atoms with Crippen LogP contribution in [0.5, 0.6) is 5.75 Å². The molecule has 8 heteroatoms. The van der Waals surface area contributed by atoms with Crippen LogP contribution >= 0.6 is 0 Å². The van der Waals surface area contributed by atoms with Gasteiger partial charge in [0.25, 0.3) is 0 Å². The second-order valence-electron chi connectivity index (χ2n) is 8.20. The molecule has 0 amide bonds.